The number of carboxylic acid groups (broad SMARTS) is 1. The van der Waals surface area contributed by atoms with E-state index in [1.165, 1.54) is 83.5 Å². The summed E-state index contributed by atoms with van der Waals surface area (Å²) in [5, 5.41) is 9.62. The van der Waals surface area contributed by atoms with Crippen LogP contribution >= 0.6 is 0 Å². The lowest BCUT2D eigenvalue weighted by Gasteiger charge is -2.31. The molecule has 328 valence electrons. The minimum Gasteiger partial charge on any atom is -0.477 e. The van der Waals surface area contributed by atoms with E-state index in [-0.39, 0.29) is 42.7 Å². The Morgan fingerprint density at radius 1 is 0.544 bits per heavy atom. The molecule has 0 amide bonds. The summed E-state index contributed by atoms with van der Waals surface area (Å²) in [6.45, 7) is 4.57. The monoisotopic (exact) mass is 801 g/mol. The zero-order valence-corrected chi connectivity index (χ0v) is 37.3. The molecule has 0 heterocycles. The van der Waals surface area contributed by atoms with Gasteiger partial charge in [-0.2, -0.15) is 0 Å². The average Bonchev–Trinajstić information content (AvgIpc) is 3.17. The summed E-state index contributed by atoms with van der Waals surface area (Å²) < 4.78 is 17.2. The van der Waals surface area contributed by atoms with Crippen LogP contribution < -0.4 is 0 Å². The van der Waals surface area contributed by atoms with Gasteiger partial charge in [-0.1, -0.05) is 171 Å². The van der Waals surface area contributed by atoms with Gasteiger partial charge in [-0.3, -0.25) is 9.59 Å². The number of nitrogens with zero attached hydrogens (tertiary/aromatic N) is 1. The third-order valence-corrected chi connectivity index (χ3v) is 9.93. The second kappa shape index (κ2) is 39.8. The van der Waals surface area contributed by atoms with Gasteiger partial charge in [0.05, 0.1) is 34.4 Å². The number of hydrogen-bond acceptors (Lipinski definition) is 6. The molecule has 0 aromatic rings. The predicted octanol–water partition coefficient (Wildman–Crippen LogP) is 12.6. The Kier molecular flexibility index (Phi) is 37.8. The Morgan fingerprint density at radius 2 is 0.982 bits per heavy atom. The van der Waals surface area contributed by atoms with Crippen molar-refractivity contribution in [2.75, 3.05) is 41.0 Å². The molecular weight excluding hydrogens is 715 g/mol. The Bertz CT molecular complexity index is 1120. The number of quaternary nitrogens is 1. The number of allylic oxidation sites excluding steroid dienone is 10. The van der Waals surface area contributed by atoms with E-state index in [9.17, 15) is 19.5 Å². The molecule has 0 rings (SSSR count). The van der Waals surface area contributed by atoms with Gasteiger partial charge in [0, 0.05) is 19.3 Å². The van der Waals surface area contributed by atoms with E-state index in [2.05, 4.69) is 74.6 Å². The molecule has 0 saturated carbocycles. The Morgan fingerprint density at radius 3 is 1.44 bits per heavy atom. The minimum atomic E-state index is -0.885. The highest BCUT2D eigenvalue weighted by molar-refractivity contribution is 5.72. The number of rotatable bonds is 40. The highest BCUT2D eigenvalue weighted by Crippen LogP contribution is 2.15. The molecule has 0 aliphatic carbocycles. The number of likely N-dealkylation sites (N-methyl/N-ethyl adjacent to an activating group) is 1. The van der Waals surface area contributed by atoms with Crippen LogP contribution in [0, 0.1) is 0 Å². The largest absolute Gasteiger partial charge is 0.477 e. The van der Waals surface area contributed by atoms with Crippen molar-refractivity contribution < 1.29 is 38.2 Å². The van der Waals surface area contributed by atoms with Crippen LogP contribution in [0.1, 0.15) is 181 Å². The van der Waals surface area contributed by atoms with E-state index in [4.69, 9.17) is 14.2 Å². The number of hydrogen-bond donors (Lipinski definition) is 1. The molecule has 0 aliphatic heterocycles. The number of aliphatic carboxylic acids is 1. The first kappa shape index (κ1) is 54.0. The number of esters is 2. The van der Waals surface area contributed by atoms with Crippen LogP contribution in [0.25, 0.3) is 0 Å². The number of carbonyl (C=O) groups is 3. The van der Waals surface area contributed by atoms with Crippen LogP contribution in [-0.4, -0.2) is 80.6 Å². The maximum Gasteiger partial charge on any atom is 0.362 e. The highest BCUT2D eigenvalue weighted by Gasteiger charge is 2.31. The van der Waals surface area contributed by atoms with E-state index >= 15 is 0 Å². The number of carbonyl (C=O) groups excluding carboxylic acids is 2. The van der Waals surface area contributed by atoms with Crippen molar-refractivity contribution >= 4 is 17.9 Å². The molecule has 1 N–H and O–H groups in total. The maximum absolute atomic E-state index is 12.7. The molecule has 0 radical (unpaired) electrons. The van der Waals surface area contributed by atoms with Crippen molar-refractivity contribution in [3.63, 3.8) is 0 Å². The summed E-state index contributed by atoms with van der Waals surface area (Å²) in [5.41, 5.74) is 0. The lowest BCUT2D eigenvalue weighted by molar-refractivity contribution is -0.887. The van der Waals surface area contributed by atoms with Crippen LogP contribution in [0.5, 0.6) is 0 Å². The standard InChI is InChI=1S/C49H85NO7/c1-6-8-10-12-14-16-18-20-22-24-26-28-30-32-34-36-38-40-48(52)57-45(43-55-42-41-46(49(53)54)50(3,4)5)44-56-47(51)39-37-35-33-31-29-27-25-23-21-19-17-15-13-11-9-7-2/h8,10,14,16,20,22,26,28,32,34,45-46H,6-7,9,11-13,15,17-19,21,23-25,27,29-31,33,35-44H2,1-5H3/p+1/b10-8+,16-14+,22-20+,28-26+,34-32+. The molecule has 2 atom stereocenters. The van der Waals surface area contributed by atoms with Crippen LogP contribution in [0.2, 0.25) is 0 Å². The van der Waals surface area contributed by atoms with Gasteiger partial charge >= 0.3 is 17.9 Å². The zero-order valence-electron chi connectivity index (χ0n) is 37.3. The summed E-state index contributed by atoms with van der Waals surface area (Å²) in [4.78, 5) is 37.0. The topological polar surface area (TPSA) is 99.1 Å². The highest BCUT2D eigenvalue weighted by atomic mass is 16.6. The number of unbranched alkanes of at least 4 members (excludes halogenated alkanes) is 16. The van der Waals surface area contributed by atoms with Gasteiger partial charge in [0.25, 0.3) is 0 Å². The Hall–Kier alpha value is -2.97. The third-order valence-electron chi connectivity index (χ3n) is 9.93. The van der Waals surface area contributed by atoms with Crippen LogP contribution in [0.3, 0.4) is 0 Å². The molecule has 8 nitrogen and oxygen atoms in total. The van der Waals surface area contributed by atoms with Crippen LogP contribution in [-0.2, 0) is 28.6 Å². The summed E-state index contributed by atoms with van der Waals surface area (Å²) in [6, 6.07) is -0.625. The zero-order chi connectivity index (χ0) is 42.1. The second-order valence-electron chi connectivity index (χ2n) is 16.3. The summed E-state index contributed by atoms with van der Waals surface area (Å²) >= 11 is 0. The van der Waals surface area contributed by atoms with E-state index < -0.39 is 18.1 Å². The fraction of sp³-hybridized carbons (Fsp3) is 0.735. The minimum absolute atomic E-state index is 0.0380. The van der Waals surface area contributed by atoms with Gasteiger partial charge in [0.1, 0.15) is 6.61 Å². The van der Waals surface area contributed by atoms with Crippen molar-refractivity contribution in [3.8, 4) is 0 Å². The molecule has 0 fully saturated rings. The molecule has 0 spiro atoms. The first-order valence-electron chi connectivity index (χ1n) is 22.8. The predicted molar refractivity (Wildman–Crippen MR) is 238 cm³/mol. The molecule has 0 aromatic carbocycles. The van der Waals surface area contributed by atoms with Gasteiger partial charge in [0.2, 0.25) is 0 Å². The van der Waals surface area contributed by atoms with E-state index in [1.807, 2.05) is 21.1 Å². The van der Waals surface area contributed by atoms with Gasteiger partial charge in [-0.15, -0.1) is 0 Å². The molecule has 2 unspecified atom stereocenters. The fourth-order valence-electron chi connectivity index (χ4n) is 6.42. The van der Waals surface area contributed by atoms with Gasteiger partial charge in [-0.05, 0) is 51.4 Å². The third kappa shape index (κ3) is 38.3. The van der Waals surface area contributed by atoms with Crippen LogP contribution in [0.4, 0.5) is 0 Å². The maximum atomic E-state index is 12.7. The van der Waals surface area contributed by atoms with E-state index in [0.29, 0.717) is 19.3 Å². The normalized spacial score (nSPS) is 13.5. The molecule has 8 heteroatoms. The lowest BCUT2D eigenvalue weighted by atomic mass is 10.0. The van der Waals surface area contributed by atoms with E-state index in [0.717, 1.165) is 57.8 Å². The van der Waals surface area contributed by atoms with Crippen molar-refractivity contribution in [1.82, 2.24) is 0 Å². The lowest BCUT2D eigenvalue weighted by Crippen LogP contribution is -2.50. The SMILES string of the molecule is CC/C=C/C/C=C/C/C=C/C/C=C/C/C=C/CCCC(=O)OC(COCCC(C(=O)O)[N+](C)(C)C)COC(=O)CCCCCCCCCCCCCCCCCC. The van der Waals surface area contributed by atoms with Gasteiger partial charge < -0.3 is 23.8 Å². The second-order valence-corrected chi connectivity index (χ2v) is 16.3. The first-order chi connectivity index (χ1) is 27.6. The summed E-state index contributed by atoms with van der Waals surface area (Å²) in [7, 11) is 5.51. The number of ether oxygens (including phenoxy) is 3. The first-order valence-corrected chi connectivity index (χ1v) is 22.8. The molecule has 0 saturated heterocycles. The van der Waals surface area contributed by atoms with Crippen molar-refractivity contribution in [1.29, 1.82) is 0 Å². The van der Waals surface area contributed by atoms with Crippen molar-refractivity contribution in [2.24, 2.45) is 0 Å². The molecule has 57 heavy (non-hydrogen) atoms. The van der Waals surface area contributed by atoms with Gasteiger partial charge in [-0.25, -0.2) is 4.79 Å². The quantitative estimate of drug-likeness (QED) is 0.0285. The van der Waals surface area contributed by atoms with Crippen molar-refractivity contribution in [2.45, 2.75) is 193 Å². The molecule has 0 bridgehead atoms. The summed E-state index contributed by atoms with van der Waals surface area (Å²) in [5.74, 6) is -1.54. The Balaban J connectivity index is 4.42. The van der Waals surface area contributed by atoms with Crippen molar-refractivity contribution in [3.05, 3.63) is 60.8 Å². The molecular formula is C49H86NO7+. The average molecular weight is 801 g/mol. The summed E-state index contributed by atoms with van der Waals surface area (Å²) in [6.07, 6.45) is 48.4. The number of carboxylic acids is 1. The van der Waals surface area contributed by atoms with Crippen LogP contribution in [0.15, 0.2) is 60.8 Å². The van der Waals surface area contributed by atoms with E-state index in [1.54, 1.807) is 0 Å². The molecule has 0 aliphatic rings. The molecule has 0 aromatic heterocycles. The van der Waals surface area contributed by atoms with Gasteiger partial charge in [0.15, 0.2) is 12.1 Å². The smallest absolute Gasteiger partial charge is 0.362 e. The Labute approximate surface area is 349 Å². The fourth-order valence-corrected chi connectivity index (χ4v) is 6.42.